The SMILES string of the molecule is Fc1ccccc1OC[B-](F)(F)F. The van der Waals surface area contributed by atoms with Crippen LogP contribution in [0.4, 0.5) is 17.3 Å². The summed E-state index contributed by atoms with van der Waals surface area (Å²) in [6.07, 6.45) is 0. The van der Waals surface area contributed by atoms with Crippen LogP contribution in [0.2, 0.25) is 0 Å². The summed E-state index contributed by atoms with van der Waals surface area (Å²) in [5, 5.41) is 0. The highest BCUT2D eigenvalue weighted by molar-refractivity contribution is 6.58. The van der Waals surface area contributed by atoms with E-state index >= 15 is 0 Å². The quantitative estimate of drug-likeness (QED) is 0.529. The molecule has 0 aliphatic carbocycles. The van der Waals surface area contributed by atoms with Gasteiger partial charge in [-0.05, 0) is 12.1 Å². The number of hydrogen-bond acceptors (Lipinski definition) is 1. The molecule has 0 saturated heterocycles. The molecular weight excluding hydrogens is 187 g/mol. The van der Waals surface area contributed by atoms with Crippen molar-refractivity contribution in [2.45, 2.75) is 0 Å². The van der Waals surface area contributed by atoms with E-state index in [0.29, 0.717) is 0 Å². The molecule has 0 aliphatic rings. The summed E-state index contributed by atoms with van der Waals surface area (Å²) in [5.74, 6) is -1.16. The first kappa shape index (κ1) is 9.89. The van der Waals surface area contributed by atoms with Crippen molar-refractivity contribution < 1.29 is 22.1 Å². The topological polar surface area (TPSA) is 9.23 Å². The van der Waals surface area contributed by atoms with E-state index in [9.17, 15) is 17.3 Å². The number of hydrogen-bond donors (Lipinski definition) is 0. The zero-order valence-corrected chi connectivity index (χ0v) is 6.51. The molecule has 1 rings (SSSR count). The molecule has 0 aromatic heterocycles. The number of ether oxygens (including phenoxy) is 1. The van der Waals surface area contributed by atoms with Gasteiger partial charge in [-0.1, -0.05) is 12.1 Å². The average Bonchev–Trinajstić information content (AvgIpc) is 2.01. The minimum absolute atomic E-state index is 0.373. The standard InChI is InChI=1S/C7H6BF4O/c9-6-3-1-2-4-7(6)13-5-8(10,11)12/h1-4H,5H2/q-1. The molecule has 0 unspecified atom stereocenters. The van der Waals surface area contributed by atoms with E-state index in [1.54, 1.807) is 0 Å². The van der Waals surface area contributed by atoms with Crippen LogP contribution in [0, 0.1) is 5.82 Å². The Balaban J connectivity index is 2.60. The summed E-state index contributed by atoms with van der Waals surface area (Å²) < 4.78 is 52.0. The maximum absolute atomic E-state index is 12.7. The van der Waals surface area contributed by atoms with E-state index in [1.165, 1.54) is 12.1 Å². The van der Waals surface area contributed by atoms with Gasteiger partial charge in [0.25, 0.3) is 0 Å². The predicted octanol–water partition coefficient (Wildman–Crippen LogP) is 2.59. The van der Waals surface area contributed by atoms with Gasteiger partial charge in [0.1, 0.15) is 0 Å². The molecule has 6 heteroatoms. The Hall–Kier alpha value is -1.20. The molecule has 0 heterocycles. The second-order valence-corrected chi connectivity index (χ2v) is 2.45. The highest BCUT2D eigenvalue weighted by Gasteiger charge is 2.24. The average molecular weight is 193 g/mol. The van der Waals surface area contributed by atoms with E-state index in [-0.39, 0.29) is 5.75 Å². The monoisotopic (exact) mass is 193 g/mol. The van der Waals surface area contributed by atoms with Gasteiger partial charge in [0.15, 0.2) is 11.6 Å². The molecule has 0 atom stereocenters. The van der Waals surface area contributed by atoms with Crippen LogP contribution in [0.3, 0.4) is 0 Å². The maximum atomic E-state index is 12.7. The Morgan fingerprint density at radius 1 is 1.15 bits per heavy atom. The van der Waals surface area contributed by atoms with Gasteiger partial charge in [0.2, 0.25) is 0 Å². The third-order valence-electron chi connectivity index (χ3n) is 1.26. The zero-order chi connectivity index (χ0) is 9.90. The first-order chi connectivity index (χ1) is 5.99. The summed E-state index contributed by atoms with van der Waals surface area (Å²) in [6.45, 7) is -6.45. The van der Waals surface area contributed by atoms with Crippen molar-refractivity contribution in [3.63, 3.8) is 0 Å². The second kappa shape index (κ2) is 3.68. The summed E-state index contributed by atoms with van der Waals surface area (Å²) in [7, 11) is 0. The minimum atomic E-state index is -5.03. The molecule has 0 bridgehead atoms. The van der Waals surface area contributed by atoms with Gasteiger partial charge in [0, 0.05) is 0 Å². The number of para-hydroxylation sites is 1. The lowest BCUT2D eigenvalue weighted by Crippen LogP contribution is -2.26. The zero-order valence-electron chi connectivity index (χ0n) is 6.51. The van der Waals surface area contributed by atoms with Gasteiger partial charge in [-0.2, -0.15) is 0 Å². The van der Waals surface area contributed by atoms with Gasteiger partial charge in [-0.15, -0.1) is 0 Å². The van der Waals surface area contributed by atoms with Gasteiger partial charge >= 0.3 is 6.98 Å². The van der Waals surface area contributed by atoms with Crippen molar-refractivity contribution in [2.24, 2.45) is 0 Å². The molecule has 72 valence electrons. The maximum Gasteiger partial charge on any atom is 0.515 e. The van der Waals surface area contributed by atoms with E-state index in [1.807, 2.05) is 0 Å². The van der Waals surface area contributed by atoms with Crippen LogP contribution in [0.15, 0.2) is 24.3 Å². The van der Waals surface area contributed by atoms with Crippen LogP contribution < -0.4 is 4.74 Å². The van der Waals surface area contributed by atoms with Gasteiger partial charge in [0.05, 0.1) is 6.51 Å². The Morgan fingerprint density at radius 2 is 1.77 bits per heavy atom. The van der Waals surface area contributed by atoms with Crippen molar-refractivity contribution in [1.82, 2.24) is 0 Å². The number of benzene rings is 1. The first-order valence-electron chi connectivity index (χ1n) is 3.57. The Kier molecular flexibility index (Phi) is 2.80. The molecule has 0 aliphatic heterocycles. The highest BCUT2D eigenvalue weighted by Crippen LogP contribution is 2.17. The van der Waals surface area contributed by atoms with Crippen molar-refractivity contribution in [1.29, 1.82) is 0 Å². The van der Waals surface area contributed by atoms with Gasteiger partial charge < -0.3 is 17.7 Å². The normalized spacial score (nSPS) is 11.4. The lowest BCUT2D eigenvalue weighted by molar-refractivity contribution is 0.301. The number of halogens is 4. The molecule has 1 aromatic rings. The third-order valence-corrected chi connectivity index (χ3v) is 1.26. The van der Waals surface area contributed by atoms with E-state index in [0.717, 1.165) is 12.1 Å². The largest absolute Gasteiger partial charge is 0.519 e. The summed E-state index contributed by atoms with van der Waals surface area (Å²) in [4.78, 5) is 0. The van der Waals surface area contributed by atoms with Crippen LogP contribution >= 0.6 is 0 Å². The molecule has 0 saturated carbocycles. The lowest BCUT2D eigenvalue weighted by atomic mass is 9.95. The highest BCUT2D eigenvalue weighted by atomic mass is 19.4. The predicted molar refractivity (Wildman–Crippen MR) is 41.0 cm³/mol. The second-order valence-electron chi connectivity index (χ2n) is 2.45. The van der Waals surface area contributed by atoms with Crippen molar-refractivity contribution >= 4 is 6.98 Å². The van der Waals surface area contributed by atoms with Crippen LogP contribution in [-0.4, -0.2) is 13.5 Å². The molecule has 0 fully saturated rings. The van der Waals surface area contributed by atoms with Gasteiger partial charge in [-0.25, -0.2) is 4.39 Å². The van der Waals surface area contributed by atoms with E-state index in [4.69, 9.17) is 0 Å². The molecule has 0 spiro atoms. The van der Waals surface area contributed by atoms with Crippen LogP contribution in [0.25, 0.3) is 0 Å². The third kappa shape index (κ3) is 3.35. The summed E-state index contributed by atoms with van der Waals surface area (Å²) in [5.41, 5.74) is 0. The molecule has 0 amide bonds. The van der Waals surface area contributed by atoms with Crippen molar-refractivity contribution in [3.05, 3.63) is 30.1 Å². The van der Waals surface area contributed by atoms with E-state index < -0.39 is 19.3 Å². The Bertz CT molecular complexity index is 286. The number of rotatable bonds is 3. The van der Waals surface area contributed by atoms with Crippen LogP contribution in [-0.2, 0) is 0 Å². The Labute approximate surface area is 72.4 Å². The molecular formula is C7H6BF4O-. The van der Waals surface area contributed by atoms with Crippen LogP contribution in [0.1, 0.15) is 0 Å². The fraction of sp³-hybridized carbons (Fsp3) is 0.143. The molecule has 13 heavy (non-hydrogen) atoms. The molecule has 1 aromatic carbocycles. The van der Waals surface area contributed by atoms with E-state index in [2.05, 4.69) is 4.74 Å². The minimum Gasteiger partial charge on any atom is -0.519 e. The first-order valence-corrected chi connectivity index (χ1v) is 3.57. The van der Waals surface area contributed by atoms with Crippen LogP contribution in [0.5, 0.6) is 5.75 Å². The summed E-state index contributed by atoms with van der Waals surface area (Å²) in [6, 6.07) is 4.97. The molecule has 0 N–H and O–H groups in total. The van der Waals surface area contributed by atoms with Crippen molar-refractivity contribution in [2.75, 3.05) is 6.51 Å². The van der Waals surface area contributed by atoms with Crippen molar-refractivity contribution in [3.8, 4) is 5.75 Å². The van der Waals surface area contributed by atoms with Gasteiger partial charge in [-0.3, -0.25) is 0 Å². The summed E-state index contributed by atoms with van der Waals surface area (Å²) >= 11 is 0. The Morgan fingerprint density at radius 3 is 2.31 bits per heavy atom. The molecule has 1 nitrogen and oxygen atoms in total. The smallest absolute Gasteiger partial charge is 0.515 e. The lowest BCUT2D eigenvalue weighted by Gasteiger charge is -2.15. The fourth-order valence-electron chi connectivity index (χ4n) is 0.746. The molecule has 0 radical (unpaired) electrons. The fourth-order valence-corrected chi connectivity index (χ4v) is 0.746.